The summed E-state index contributed by atoms with van der Waals surface area (Å²) < 4.78 is 15.7. The number of aromatic nitrogens is 4. The summed E-state index contributed by atoms with van der Waals surface area (Å²) in [5.74, 6) is 1.76. The molecule has 0 N–H and O–H groups in total. The van der Waals surface area contributed by atoms with Crippen molar-refractivity contribution in [2.75, 3.05) is 0 Å². The molecule has 0 saturated heterocycles. The Labute approximate surface area is 242 Å². The Kier molecular flexibility index (Phi) is 8.08. The number of nitrogens with zero attached hydrogens (tertiary/aromatic N) is 4. The van der Waals surface area contributed by atoms with Gasteiger partial charge >= 0.3 is 0 Å². The zero-order valence-corrected chi connectivity index (χ0v) is 28.2. The van der Waals surface area contributed by atoms with Crippen LogP contribution >= 0.6 is 0 Å². The molecular formula is C32H46N4O2Si2. The summed E-state index contributed by atoms with van der Waals surface area (Å²) in [5, 5.41) is 10.4. The number of hydrogen-bond donors (Lipinski definition) is 0. The fourth-order valence-corrected chi connectivity index (χ4v) is 6.05. The van der Waals surface area contributed by atoms with Crippen molar-refractivity contribution < 1.29 is 8.85 Å². The van der Waals surface area contributed by atoms with Crippen molar-refractivity contribution in [2.45, 2.75) is 97.7 Å². The van der Waals surface area contributed by atoms with Gasteiger partial charge in [-0.3, -0.25) is 4.98 Å². The van der Waals surface area contributed by atoms with E-state index in [1.54, 1.807) is 0 Å². The SMILES string of the molecule is CCc1cc(-c2cn(Cc3ccc4ccccc4n3)nn2)c(O[Si](C)(C)C(C)(C)C)cc1O[Si](C)(C)C(C)(C)C. The van der Waals surface area contributed by atoms with E-state index in [0.29, 0.717) is 6.54 Å². The summed E-state index contributed by atoms with van der Waals surface area (Å²) >= 11 is 0. The Bertz CT molecular complexity index is 1500. The number of benzene rings is 2. The van der Waals surface area contributed by atoms with Gasteiger partial charge < -0.3 is 8.85 Å². The third-order valence-electron chi connectivity index (χ3n) is 8.68. The first kappa shape index (κ1) is 30.0. The highest BCUT2D eigenvalue weighted by Gasteiger charge is 2.41. The van der Waals surface area contributed by atoms with Gasteiger partial charge in [0.2, 0.25) is 8.32 Å². The summed E-state index contributed by atoms with van der Waals surface area (Å²) in [6.07, 6.45) is 2.85. The van der Waals surface area contributed by atoms with Gasteiger partial charge in [-0.2, -0.15) is 0 Å². The van der Waals surface area contributed by atoms with Crippen LogP contribution < -0.4 is 8.85 Å². The van der Waals surface area contributed by atoms with Gasteiger partial charge in [0.05, 0.1) is 24.0 Å². The lowest BCUT2D eigenvalue weighted by Gasteiger charge is -2.39. The summed E-state index contributed by atoms with van der Waals surface area (Å²) in [5.41, 5.74) is 4.84. The van der Waals surface area contributed by atoms with Crippen LogP contribution in [0.4, 0.5) is 0 Å². The van der Waals surface area contributed by atoms with Crippen molar-refractivity contribution in [1.29, 1.82) is 0 Å². The van der Waals surface area contributed by atoms with E-state index in [0.717, 1.165) is 51.3 Å². The highest BCUT2D eigenvalue weighted by molar-refractivity contribution is 6.75. The van der Waals surface area contributed by atoms with Crippen LogP contribution in [0.2, 0.25) is 36.3 Å². The number of fused-ring (bicyclic) bond motifs is 1. The maximum atomic E-state index is 6.95. The molecule has 4 aromatic rings. The van der Waals surface area contributed by atoms with E-state index in [1.807, 2.05) is 29.1 Å². The lowest BCUT2D eigenvalue weighted by molar-refractivity contribution is 0.472. The van der Waals surface area contributed by atoms with Crippen molar-refractivity contribution in [1.82, 2.24) is 20.0 Å². The van der Waals surface area contributed by atoms with Crippen molar-refractivity contribution in [3.8, 4) is 22.8 Å². The predicted octanol–water partition coefficient (Wildman–Crippen LogP) is 8.87. The Morgan fingerprint density at radius 2 is 1.43 bits per heavy atom. The second-order valence-corrected chi connectivity index (χ2v) is 23.3. The minimum absolute atomic E-state index is 0.0491. The Balaban J connectivity index is 1.75. The molecule has 4 rings (SSSR count). The molecule has 6 nitrogen and oxygen atoms in total. The third kappa shape index (κ3) is 6.33. The third-order valence-corrected chi connectivity index (χ3v) is 17.4. The molecule has 2 aromatic heterocycles. The summed E-state index contributed by atoms with van der Waals surface area (Å²) in [6.45, 7) is 25.5. The molecule has 214 valence electrons. The number of para-hydroxylation sites is 1. The van der Waals surface area contributed by atoms with Crippen LogP contribution in [-0.4, -0.2) is 36.6 Å². The standard InChI is InChI=1S/C32H46N4O2Si2/c1-12-23-19-26(28-22-36(35-34-28)21-25-18-17-24-15-13-14-16-27(24)33-25)30(38-40(10,11)32(5,6)7)20-29(23)37-39(8,9)31(2,3)4/h13-20,22H,12,21H2,1-11H3. The number of pyridine rings is 1. The quantitative estimate of drug-likeness (QED) is 0.197. The fourth-order valence-electron chi connectivity index (χ4n) is 3.98. The van der Waals surface area contributed by atoms with E-state index in [9.17, 15) is 0 Å². The monoisotopic (exact) mass is 574 g/mol. The average Bonchev–Trinajstić information content (AvgIpc) is 3.30. The minimum Gasteiger partial charge on any atom is -0.543 e. The summed E-state index contributed by atoms with van der Waals surface area (Å²) in [4.78, 5) is 4.82. The predicted molar refractivity (Wildman–Crippen MR) is 171 cm³/mol. The van der Waals surface area contributed by atoms with Crippen LogP contribution in [0.5, 0.6) is 11.5 Å². The highest BCUT2D eigenvalue weighted by atomic mass is 28.4. The molecule has 40 heavy (non-hydrogen) atoms. The molecule has 0 radical (unpaired) electrons. The molecule has 0 atom stereocenters. The van der Waals surface area contributed by atoms with Crippen molar-refractivity contribution in [2.24, 2.45) is 0 Å². The number of hydrogen-bond acceptors (Lipinski definition) is 5. The van der Waals surface area contributed by atoms with Crippen LogP contribution in [0.25, 0.3) is 22.2 Å². The van der Waals surface area contributed by atoms with E-state index in [1.165, 1.54) is 0 Å². The van der Waals surface area contributed by atoms with Gasteiger partial charge in [-0.1, -0.05) is 77.9 Å². The van der Waals surface area contributed by atoms with Crippen molar-refractivity contribution >= 4 is 27.5 Å². The zero-order chi connectivity index (χ0) is 29.5. The minimum atomic E-state index is -2.15. The number of aryl methyl sites for hydroxylation is 1. The van der Waals surface area contributed by atoms with Crippen LogP contribution in [0.15, 0.2) is 54.7 Å². The van der Waals surface area contributed by atoms with Crippen molar-refractivity contribution in [3.05, 3.63) is 66.0 Å². The Morgan fingerprint density at radius 3 is 2.05 bits per heavy atom. The molecule has 0 unspecified atom stereocenters. The van der Waals surface area contributed by atoms with Gasteiger partial charge in [-0.25, -0.2) is 4.68 Å². The molecule has 0 spiro atoms. The summed E-state index contributed by atoms with van der Waals surface area (Å²) in [7, 11) is -4.20. The number of rotatable bonds is 8. The molecule has 0 aliphatic heterocycles. The first-order chi connectivity index (χ1) is 18.5. The second-order valence-electron chi connectivity index (χ2n) is 13.8. The molecular weight excluding hydrogens is 529 g/mol. The molecule has 0 amide bonds. The molecule has 8 heteroatoms. The van der Waals surface area contributed by atoms with E-state index in [-0.39, 0.29) is 10.1 Å². The molecule has 0 fully saturated rings. The van der Waals surface area contributed by atoms with Crippen LogP contribution in [0, 0.1) is 0 Å². The molecule has 2 aromatic carbocycles. The highest BCUT2D eigenvalue weighted by Crippen LogP contribution is 2.44. The topological polar surface area (TPSA) is 62.1 Å². The maximum absolute atomic E-state index is 6.95. The molecule has 0 bridgehead atoms. The average molecular weight is 575 g/mol. The van der Waals surface area contributed by atoms with Gasteiger partial charge in [-0.05, 0) is 66.4 Å². The lowest BCUT2D eigenvalue weighted by atomic mass is 10.0. The first-order valence-electron chi connectivity index (χ1n) is 14.3. The van der Waals surface area contributed by atoms with Gasteiger partial charge in [0.1, 0.15) is 17.2 Å². The van der Waals surface area contributed by atoms with Gasteiger partial charge in [0.15, 0.2) is 0 Å². The zero-order valence-electron chi connectivity index (χ0n) is 26.2. The normalized spacial score (nSPS) is 13.1. The van der Waals surface area contributed by atoms with Crippen LogP contribution in [0.3, 0.4) is 0 Å². The van der Waals surface area contributed by atoms with E-state index in [2.05, 4.69) is 115 Å². The first-order valence-corrected chi connectivity index (χ1v) is 20.1. The van der Waals surface area contributed by atoms with E-state index in [4.69, 9.17) is 13.8 Å². The van der Waals surface area contributed by atoms with Crippen LogP contribution in [0.1, 0.15) is 59.7 Å². The fraction of sp³-hybridized carbons (Fsp3) is 0.469. The largest absolute Gasteiger partial charge is 0.543 e. The van der Waals surface area contributed by atoms with Crippen molar-refractivity contribution in [3.63, 3.8) is 0 Å². The van der Waals surface area contributed by atoms with Crippen LogP contribution in [-0.2, 0) is 13.0 Å². The molecule has 0 saturated carbocycles. The molecule has 0 aliphatic rings. The Hall–Kier alpha value is -2.98. The van der Waals surface area contributed by atoms with Gasteiger partial charge in [0, 0.05) is 17.0 Å². The maximum Gasteiger partial charge on any atom is 0.250 e. The van der Waals surface area contributed by atoms with Gasteiger partial charge in [0.25, 0.3) is 8.32 Å². The second kappa shape index (κ2) is 10.8. The summed E-state index contributed by atoms with van der Waals surface area (Å²) in [6, 6.07) is 16.6. The van der Waals surface area contributed by atoms with E-state index >= 15 is 0 Å². The molecule has 0 aliphatic carbocycles. The Morgan fingerprint density at radius 1 is 0.800 bits per heavy atom. The lowest BCUT2D eigenvalue weighted by Crippen LogP contribution is -2.44. The van der Waals surface area contributed by atoms with E-state index < -0.39 is 16.6 Å². The smallest absolute Gasteiger partial charge is 0.250 e. The molecule has 2 heterocycles. The van der Waals surface area contributed by atoms with Gasteiger partial charge in [-0.15, -0.1) is 5.10 Å².